The smallest absolute Gasteiger partial charge is 0.254 e. The van der Waals surface area contributed by atoms with Gasteiger partial charge in [0.1, 0.15) is 25.2 Å². The summed E-state index contributed by atoms with van der Waals surface area (Å²) in [5.74, 6) is -0.372. The maximum Gasteiger partial charge on any atom is 0.254 e. The van der Waals surface area contributed by atoms with Gasteiger partial charge in [0.05, 0.1) is 0 Å². The summed E-state index contributed by atoms with van der Waals surface area (Å²) in [4.78, 5) is 11.3. The van der Waals surface area contributed by atoms with Gasteiger partial charge in [-0.05, 0) is 36.5 Å². The van der Waals surface area contributed by atoms with Crippen molar-refractivity contribution in [2.45, 2.75) is 142 Å². The lowest BCUT2D eigenvalue weighted by Gasteiger charge is -2.03. The van der Waals surface area contributed by atoms with Crippen molar-refractivity contribution in [3.05, 3.63) is 79.1 Å². The highest BCUT2D eigenvalue weighted by molar-refractivity contribution is 5.92. The van der Waals surface area contributed by atoms with E-state index in [-0.39, 0.29) is 5.91 Å². The van der Waals surface area contributed by atoms with E-state index in [0.717, 1.165) is 26.1 Å². The average Bonchev–Trinajstić information content (AvgIpc) is 3.03. The van der Waals surface area contributed by atoms with Crippen LogP contribution in [0.25, 0.3) is 11.1 Å². The Bertz CT molecular complexity index is 1140. The lowest BCUT2D eigenvalue weighted by molar-refractivity contribution is -0.698. The van der Waals surface area contributed by atoms with E-state index < -0.39 is 0 Å². The number of hydrogen-bond acceptors (Lipinski definition) is 1. The van der Waals surface area contributed by atoms with Gasteiger partial charge in [-0.1, -0.05) is 84.0 Å². The standard InChI is InChI=1S/C38H58N4O/c1-2-3-4-5-6-7-8-9-10-11-12-13-14-17-26-40-30-22-35(23-31-40)36-24-32-41(33-25-36)27-18-15-16-19-28-42-29-20-21-37(34-42)38(39)43/h20-25,29-34H,2-19,26-28H2,1H3,(H-,39,43)/q+2/p+1. The second-order valence-corrected chi connectivity index (χ2v) is 12.4. The van der Waals surface area contributed by atoms with E-state index in [0.29, 0.717) is 5.56 Å². The number of carbonyl (C=O) groups is 1. The fourth-order valence-corrected chi connectivity index (χ4v) is 5.84. The van der Waals surface area contributed by atoms with E-state index in [1.165, 1.54) is 120 Å². The van der Waals surface area contributed by atoms with Crippen LogP contribution in [-0.2, 0) is 19.6 Å². The molecule has 3 rings (SSSR count). The fraction of sp³-hybridized carbons (Fsp3) is 0.579. The summed E-state index contributed by atoms with van der Waals surface area (Å²) in [6.07, 6.45) is 37.1. The second kappa shape index (κ2) is 21.6. The topological polar surface area (TPSA) is 54.7 Å². The molecule has 1 amide bonds. The minimum atomic E-state index is -0.372. The first-order chi connectivity index (χ1) is 21.2. The van der Waals surface area contributed by atoms with E-state index in [9.17, 15) is 4.79 Å². The van der Waals surface area contributed by atoms with Gasteiger partial charge in [-0.2, -0.15) is 0 Å². The molecule has 0 spiro atoms. The monoisotopic (exact) mass is 587 g/mol. The molecule has 5 nitrogen and oxygen atoms in total. The Morgan fingerprint density at radius 3 is 1.28 bits per heavy atom. The third-order valence-corrected chi connectivity index (χ3v) is 8.61. The van der Waals surface area contributed by atoms with Crippen LogP contribution in [0.1, 0.15) is 133 Å². The van der Waals surface area contributed by atoms with Crippen LogP contribution >= 0.6 is 0 Å². The lowest BCUT2D eigenvalue weighted by atomic mass is 10.0. The Labute approximate surface area is 262 Å². The van der Waals surface area contributed by atoms with Crippen molar-refractivity contribution in [2.75, 3.05) is 0 Å². The molecular weight excluding hydrogens is 528 g/mol. The Morgan fingerprint density at radius 2 is 0.884 bits per heavy atom. The zero-order valence-electron chi connectivity index (χ0n) is 27.1. The average molecular weight is 588 g/mol. The first kappa shape index (κ1) is 34.4. The van der Waals surface area contributed by atoms with Crippen molar-refractivity contribution in [1.29, 1.82) is 0 Å². The molecule has 3 aromatic heterocycles. The zero-order valence-corrected chi connectivity index (χ0v) is 27.1. The van der Waals surface area contributed by atoms with E-state index in [4.69, 9.17) is 5.73 Å². The number of aromatic nitrogens is 3. The van der Waals surface area contributed by atoms with Gasteiger partial charge in [0.2, 0.25) is 0 Å². The van der Waals surface area contributed by atoms with Crippen molar-refractivity contribution in [2.24, 2.45) is 5.73 Å². The highest BCUT2D eigenvalue weighted by Crippen LogP contribution is 2.16. The molecule has 3 aromatic rings. The molecule has 0 bridgehead atoms. The molecule has 5 heteroatoms. The fourth-order valence-electron chi connectivity index (χ4n) is 5.84. The molecule has 0 fully saturated rings. The summed E-state index contributed by atoms with van der Waals surface area (Å²) in [5.41, 5.74) is 8.50. The molecule has 234 valence electrons. The zero-order chi connectivity index (χ0) is 30.4. The number of amides is 1. The van der Waals surface area contributed by atoms with Gasteiger partial charge in [-0.25, -0.2) is 13.7 Å². The normalized spacial score (nSPS) is 11.2. The lowest BCUT2D eigenvalue weighted by Crippen LogP contribution is -2.34. The molecule has 0 aliphatic heterocycles. The Hall–Kier alpha value is -3.08. The van der Waals surface area contributed by atoms with Gasteiger partial charge in [-0.3, -0.25) is 4.79 Å². The van der Waals surface area contributed by atoms with E-state index in [2.05, 4.69) is 69.7 Å². The predicted octanol–water partition coefficient (Wildman–Crippen LogP) is 8.06. The third-order valence-electron chi connectivity index (χ3n) is 8.61. The molecule has 0 aromatic carbocycles. The number of aryl methyl sites for hydroxylation is 3. The van der Waals surface area contributed by atoms with Crippen molar-refractivity contribution in [1.82, 2.24) is 0 Å². The molecule has 2 N–H and O–H groups in total. The van der Waals surface area contributed by atoms with Crippen molar-refractivity contribution in [3.8, 4) is 11.1 Å². The molecule has 0 saturated carbocycles. The number of rotatable bonds is 24. The van der Waals surface area contributed by atoms with Gasteiger partial charge in [0.25, 0.3) is 5.91 Å². The number of primary amides is 1. The second-order valence-electron chi connectivity index (χ2n) is 12.4. The van der Waals surface area contributed by atoms with Gasteiger partial charge in [-0.15, -0.1) is 0 Å². The largest absolute Gasteiger partial charge is 0.365 e. The summed E-state index contributed by atoms with van der Waals surface area (Å²) in [7, 11) is 0. The minimum absolute atomic E-state index is 0.372. The minimum Gasteiger partial charge on any atom is -0.365 e. The SMILES string of the molecule is CCCCCCCCCCCCCCCC[n+]1ccc(-c2cc[n+](CCCCCC[n+]3cccc(C(N)=O)c3)cc2)cc1. The summed E-state index contributed by atoms with van der Waals surface area (Å²) >= 11 is 0. The molecule has 43 heavy (non-hydrogen) atoms. The summed E-state index contributed by atoms with van der Waals surface area (Å²) in [5, 5.41) is 0. The number of pyridine rings is 3. The molecule has 0 atom stereocenters. The van der Waals surface area contributed by atoms with Gasteiger partial charge in [0.15, 0.2) is 37.2 Å². The Balaban J connectivity index is 1.20. The quantitative estimate of drug-likeness (QED) is 0.0836. The molecule has 0 unspecified atom stereocenters. The number of hydrogen-bond donors (Lipinski definition) is 1. The molecule has 3 heterocycles. The third kappa shape index (κ3) is 14.8. The number of carbonyl (C=O) groups excluding carboxylic acids is 1. The predicted molar refractivity (Wildman–Crippen MR) is 176 cm³/mol. The van der Waals surface area contributed by atoms with Gasteiger partial charge >= 0.3 is 0 Å². The van der Waals surface area contributed by atoms with Crippen LogP contribution in [-0.4, -0.2) is 5.91 Å². The van der Waals surface area contributed by atoms with Crippen LogP contribution in [0.5, 0.6) is 0 Å². The maximum absolute atomic E-state index is 11.3. The Morgan fingerprint density at radius 1 is 0.512 bits per heavy atom. The number of nitrogens with zero attached hydrogens (tertiary/aromatic N) is 3. The van der Waals surface area contributed by atoms with Crippen LogP contribution in [0, 0.1) is 0 Å². The van der Waals surface area contributed by atoms with Crippen LogP contribution in [0.3, 0.4) is 0 Å². The Kier molecular flexibility index (Phi) is 17.3. The molecular formula is C38H59N4O+3. The highest BCUT2D eigenvalue weighted by Gasteiger charge is 2.08. The molecule has 0 radical (unpaired) electrons. The van der Waals surface area contributed by atoms with Crippen LogP contribution < -0.4 is 19.4 Å². The van der Waals surface area contributed by atoms with Crippen LogP contribution in [0.2, 0.25) is 0 Å². The van der Waals surface area contributed by atoms with Gasteiger partial charge < -0.3 is 5.73 Å². The van der Waals surface area contributed by atoms with Gasteiger partial charge in [0, 0.05) is 49.6 Å². The first-order valence-corrected chi connectivity index (χ1v) is 17.4. The molecule has 0 saturated heterocycles. The summed E-state index contributed by atoms with van der Waals surface area (Å²) in [6, 6.07) is 12.6. The van der Waals surface area contributed by atoms with Crippen molar-refractivity contribution >= 4 is 5.91 Å². The van der Waals surface area contributed by atoms with Crippen LogP contribution in [0.4, 0.5) is 0 Å². The molecule has 0 aliphatic rings. The van der Waals surface area contributed by atoms with E-state index >= 15 is 0 Å². The number of unbranched alkanes of at least 4 members (excludes halogenated alkanes) is 16. The maximum atomic E-state index is 11.3. The summed E-state index contributed by atoms with van der Waals surface area (Å²) < 4.78 is 6.67. The highest BCUT2D eigenvalue weighted by atomic mass is 16.1. The van der Waals surface area contributed by atoms with Crippen molar-refractivity contribution in [3.63, 3.8) is 0 Å². The summed E-state index contributed by atoms with van der Waals surface area (Å²) in [6.45, 7) is 5.37. The first-order valence-electron chi connectivity index (χ1n) is 17.4. The van der Waals surface area contributed by atoms with E-state index in [1.54, 1.807) is 6.07 Å². The molecule has 0 aliphatic carbocycles. The van der Waals surface area contributed by atoms with E-state index in [1.807, 2.05) is 18.5 Å². The van der Waals surface area contributed by atoms with Crippen molar-refractivity contribution < 1.29 is 18.5 Å². The number of nitrogens with two attached hydrogens (primary N) is 1. The van der Waals surface area contributed by atoms with Crippen LogP contribution in [0.15, 0.2) is 73.6 Å².